The molecule has 3 amide bonds. The molecule has 4 rings (SSSR count). The van der Waals surface area contributed by atoms with Gasteiger partial charge in [0.05, 0.1) is 4.90 Å². The maximum absolute atomic E-state index is 13.7. The number of hydrogen-bond donors (Lipinski definition) is 2. The zero-order valence-electron chi connectivity index (χ0n) is 22.3. The molecule has 3 fully saturated rings. The van der Waals surface area contributed by atoms with Gasteiger partial charge in [0, 0.05) is 50.9 Å². The van der Waals surface area contributed by atoms with Crippen LogP contribution in [-0.4, -0.2) is 85.3 Å². The molecule has 3 aliphatic rings. The number of hydrogen-bond acceptors (Lipinski definition) is 8. The Morgan fingerprint density at radius 3 is 2.05 bits per heavy atom. The Bertz CT molecular complexity index is 1150. The number of carbonyl (C=O) groups is 3. The van der Waals surface area contributed by atoms with Crippen LogP contribution in [0.1, 0.15) is 46.0 Å². The molecule has 0 unspecified atom stereocenters. The van der Waals surface area contributed by atoms with Crippen LogP contribution in [0.15, 0.2) is 29.2 Å². The molecule has 0 aliphatic carbocycles. The first-order valence-electron chi connectivity index (χ1n) is 13.4. The molecule has 1 aromatic carbocycles. The minimum atomic E-state index is -4.23. The summed E-state index contributed by atoms with van der Waals surface area (Å²) in [6, 6.07) is 6.33. The number of anilines is 1. The Kier molecular flexibility index (Phi) is 8.97. The third-order valence-corrected chi connectivity index (χ3v) is 11.1. The second-order valence-electron chi connectivity index (χ2n) is 11.2. The van der Waals surface area contributed by atoms with Gasteiger partial charge in [0.15, 0.2) is 14.6 Å². The Labute approximate surface area is 234 Å². The summed E-state index contributed by atoms with van der Waals surface area (Å²) in [6.45, 7) is 7.24. The van der Waals surface area contributed by atoms with Crippen LogP contribution >= 0.6 is 11.9 Å². The Morgan fingerprint density at radius 1 is 0.974 bits per heavy atom. The summed E-state index contributed by atoms with van der Waals surface area (Å²) >= 11 is 5.13. The van der Waals surface area contributed by atoms with Crippen LogP contribution in [0.25, 0.3) is 0 Å². The minimum Gasteiger partial charge on any atom is -0.371 e. The number of nitrogens with one attached hydrogen (secondary N) is 1. The van der Waals surface area contributed by atoms with Crippen LogP contribution in [0.5, 0.6) is 0 Å². The van der Waals surface area contributed by atoms with E-state index in [9.17, 15) is 28.0 Å². The number of hydroxylamine groups is 1. The first-order chi connectivity index (χ1) is 18.5. The van der Waals surface area contributed by atoms with Crippen molar-refractivity contribution in [1.29, 1.82) is 0 Å². The topological polar surface area (TPSA) is 137 Å². The maximum Gasteiger partial charge on any atom is 0.428 e. The molecule has 3 aliphatic heterocycles. The molecule has 11 nitrogen and oxygen atoms in total. The number of rotatable bonds is 5. The van der Waals surface area contributed by atoms with Crippen molar-refractivity contribution in [2.24, 2.45) is 17.8 Å². The van der Waals surface area contributed by atoms with Gasteiger partial charge in [-0.25, -0.2) is 18.7 Å². The van der Waals surface area contributed by atoms with Gasteiger partial charge in [-0.05, 0) is 68.2 Å². The molecule has 2 atom stereocenters. The number of benzene rings is 1. The van der Waals surface area contributed by atoms with Gasteiger partial charge in [-0.3, -0.25) is 14.8 Å². The molecule has 3 saturated heterocycles. The highest BCUT2D eigenvalue weighted by molar-refractivity contribution is 7.93. The normalized spacial score (nSPS) is 24.3. The van der Waals surface area contributed by atoms with E-state index in [2.05, 4.69) is 23.0 Å². The lowest BCUT2D eigenvalue weighted by atomic mass is 9.89. The van der Waals surface area contributed by atoms with E-state index in [0.29, 0.717) is 24.9 Å². The van der Waals surface area contributed by atoms with Gasteiger partial charge in [0.1, 0.15) is 11.9 Å². The van der Waals surface area contributed by atoms with Crippen LogP contribution in [0.2, 0.25) is 0 Å². The van der Waals surface area contributed by atoms with E-state index in [-0.39, 0.29) is 42.7 Å². The van der Waals surface area contributed by atoms with Gasteiger partial charge in [-0.15, -0.1) is 0 Å². The fourth-order valence-corrected chi connectivity index (χ4v) is 8.42. The highest BCUT2D eigenvalue weighted by atomic mass is 35.5. The van der Waals surface area contributed by atoms with E-state index >= 15 is 0 Å². The number of halogens is 1. The van der Waals surface area contributed by atoms with Gasteiger partial charge in [-0.2, -0.15) is 0 Å². The van der Waals surface area contributed by atoms with Gasteiger partial charge in [0.2, 0.25) is 5.91 Å². The summed E-state index contributed by atoms with van der Waals surface area (Å²) in [4.78, 5) is 42.8. The average molecular weight is 585 g/mol. The van der Waals surface area contributed by atoms with Crippen molar-refractivity contribution < 1.29 is 32.3 Å². The molecule has 0 radical (unpaired) electrons. The number of piperidine rings is 3. The summed E-state index contributed by atoms with van der Waals surface area (Å²) in [5.41, 5.74) is 2.33. The maximum atomic E-state index is 13.7. The average Bonchev–Trinajstić information content (AvgIpc) is 2.95. The zero-order chi connectivity index (χ0) is 28.4. The summed E-state index contributed by atoms with van der Waals surface area (Å²) in [5, 5.41) is 9.34. The summed E-state index contributed by atoms with van der Waals surface area (Å²) in [7, 11) is -4.23. The number of likely N-dealkylation sites (tertiary alicyclic amines) is 2. The summed E-state index contributed by atoms with van der Waals surface area (Å²) in [6.07, 6.45) is 1.33. The molecule has 0 saturated carbocycles. The number of carbonyl (C=O) groups excluding carboxylic acids is 3. The van der Waals surface area contributed by atoms with Gasteiger partial charge >= 0.3 is 6.09 Å². The first-order valence-corrected chi connectivity index (χ1v) is 15.2. The van der Waals surface area contributed by atoms with Crippen molar-refractivity contribution in [3.63, 3.8) is 0 Å². The van der Waals surface area contributed by atoms with Crippen molar-refractivity contribution in [3.8, 4) is 0 Å². The quantitative estimate of drug-likeness (QED) is 0.398. The van der Waals surface area contributed by atoms with Gasteiger partial charge < -0.3 is 19.0 Å². The van der Waals surface area contributed by atoms with Crippen molar-refractivity contribution in [2.45, 2.75) is 55.6 Å². The molecule has 0 spiro atoms. The molecule has 1 aromatic rings. The smallest absolute Gasteiger partial charge is 0.371 e. The lowest BCUT2D eigenvalue weighted by Crippen LogP contribution is -2.58. The van der Waals surface area contributed by atoms with Crippen LogP contribution < -0.4 is 10.4 Å². The third-order valence-electron chi connectivity index (χ3n) is 8.46. The third kappa shape index (κ3) is 5.83. The fourth-order valence-electron chi connectivity index (χ4n) is 6.37. The largest absolute Gasteiger partial charge is 0.428 e. The molecule has 0 aromatic heterocycles. The van der Waals surface area contributed by atoms with Gasteiger partial charge in [-0.1, -0.05) is 13.8 Å². The minimum absolute atomic E-state index is 0.00259. The molecule has 13 heteroatoms. The first kappa shape index (κ1) is 29.4. The van der Waals surface area contributed by atoms with E-state index < -0.39 is 26.6 Å². The molecule has 39 heavy (non-hydrogen) atoms. The van der Waals surface area contributed by atoms with Crippen LogP contribution in [0, 0.1) is 17.8 Å². The predicted octanol–water partition coefficient (Wildman–Crippen LogP) is 2.81. The second kappa shape index (κ2) is 11.9. The van der Waals surface area contributed by atoms with Crippen LogP contribution in [0.4, 0.5) is 10.5 Å². The second-order valence-corrected chi connectivity index (χ2v) is 13.6. The highest BCUT2D eigenvalue weighted by Gasteiger charge is 2.53. The Morgan fingerprint density at radius 2 is 1.54 bits per heavy atom. The SMILES string of the molecule is C[C@H]1C[C@H](C)CN(C(=O)C2CCN(c3ccc(S(=O)(=O)C4(C(=O)NO)CCN(C(=O)OCl)CC4)cc3)CC2)C1. The fraction of sp³-hybridized carbons (Fsp3) is 0.654. The summed E-state index contributed by atoms with van der Waals surface area (Å²) in [5.74, 6) is 0.231. The van der Waals surface area contributed by atoms with E-state index in [1.165, 1.54) is 22.5 Å². The Hall–Kier alpha value is -2.57. The van der Waals surface area contributed by atoms with Gasteiger partial charge in [0.25, 0.3) is 5.91 Å². The van der Waals surface area contributed by atoms with Crippen LogP contribution in [-0.2, 0) is 23.7 Å². The van der Waals surface area contributed by atoms with Crippen LogP contribution in [0.3, 0.4) is 0 Å². The predicted molar refractivity (Wildman–Crippen MR) is 144 cm³/mol. The molecule has 3 heterocycles. The van der Waals surface area contributed by atoms with E-state index in [1.54, 1.807) is 12.1 Å². The Balaban J connectivity index is 1.42. The highest BCUT2D eigenvalue weighted by Crippen LogP contribution is 2.37. The molecule has 216 valence electrons. The van der Waals surface area contributed by atoms with E-state index in [1.807, 2.05) is 4.90 Å². The molecule has 2 N–H and O–H groups in total. The zero-order valence-corrected chi connectivity index (χ0v) is 23.9. The molecular weight excluding hydrogens is 548 g/mol. The van der Waals surface area contributed by atoms with Crippen molar-refractivity contribution in [2.75, 3.05) is 44.2 Å². The van der Waals surface area contributed by atoms with Crippen molar-refractivity contribution in [3.05, 3.63) is 24.3 Å². The summed E-state index contributed by atoms with van der Waals surface area (Å²) < 4.78 is 29.6. The lowest BCUT2D eigenvalue weighted by molar-refractivity contribution is -0.139. The monoisotopic (exact) mass is 584 g/mol. The standard InChI is InChI=1S/C26H37ClN4O7S/c1-18-15-19(2)17-31(16-18)23(32)20-7-11-29(12-8-20)21-3-5-22(6-4-21)39(36,37)26(24(33)28-35)9-13-30(14-10-26)25(34)38-27/h3-6,18-20,35H,7-17H2,1-2H3,(H,28,33)/t18-,19-/m0/s1. The van der Waals surface area contributed by atoms with Crippen molar-refractivity contribution in [1.82, 2.24) is 15.3 Å². The number of sulfone groups is 1. The molecule has 0 bridgehead atoms. The van der Waals surface area contributed by atoms with E-state index in [0.717, 1.165) is 38.0 Å². The lowest BCUT2D eigenvalue weighted by Gasteiger charge is -2.40. The number of nitrogens with zero attached hydrogens (tertiary/aromatic N) is 3. The van der Waals surface area contributed by atoms with E-state index in [4.69, 9.17) is 11.9 Å². The number of amides is 3. The van der Waals surface area contributed by atoms with Crippen molar-refractivity contribution >= 4 is 45.3 Å². The molecular formula is C26H37ClN4O7S.